The molecule has 0 fully saturated rings. The minimum atomic E-state index is -0.777. The Labute approximate surface area is 118 Å². The molecule has 6 heteroatoms. The van der Waals surface area contributed by atoms with Crippen LogP contribution in [-0.4, -0.2) is 21.2 Å². The molecule has 2 aromatic rings. The van der Waals surface area contributed by atoms with Gasteiger partial charge in [-0.1, -0.05) is 33.2 Å². The molecule has 2 rings (SSSR count). The monoisotopic (exact) mass is 324 g/mol. The summed E-state index contributed by atoms with van der Waals surface area (Å²) in [5.41, 5.74) is 0.884. The Bertz CT molecular complexity index is 569. The predicted octanol–water partition coefficient (Wildman–Crippen LogP) is 3.30. The van der Waals surface area contributed by atoms with Crippen LogP contribution in [0.2, 0.25) is 0 Å². The van der Waals surface area contributed by atoms with E-state index in [0.29, 0.717) is 24.6 Å². The van der Waals surface area contributed by atoms with Crippen LogP contribution >= 0.6 is 15.9 Å². The maximum absolute atomic E-state index is 10.4. The molecule has 1 aromatic heterocycles. The highest BCUT2D eigenvalue weighted by Gasteiger charge is 2.08. The normalized spacial score (nSPS) is 10.6. The van der Waals surface area contributed by atoms with Crippen LogP contribution in [0, 0.1) is 0 Å². The molecule has 0 radical (unpaired) electrons. The minimum Gasteiger partial charge on any atom is -0.481 e. The second-order valence-electron chi connectivity index (χ2n) is 4.12. The summed E-state index contributed by atoms with van der Waals surface area (Å²) >= 11 is 3.39. The van der Waals surface area contributed by atoms with Crippen LogP contribution in [0.15, 0.2) is 33.3 Å². The number of aromatic nitrogens is 2. The maximum Gasteiger partial charge on any atom is 0.303 e. The van der Waals surface area contributed by atoms with Crippen LogP contribution in [0.5, 0.6) is 0 Å². The van der Waals surface area contributed by atoms with E-state index in [0.717, 1.165) is 16.5 Å². The Morgan fingerprint density at radius 1 is 1.37 bits per heavy atom. The van der Waals surface area contributed by atoms with Gasteiger partial charge in [-0.2, -0.15) is 4.98 Å². The van der Waals surface area contributed by atoms with Gasteiger partial charge in [-0.3, -0.25) is 4.79 Å². The average molecular weight is 325 g/mol. The second-order valence-corrected chi connectivity index (χ2v) is 5.04. The molecule has 0 aliphatic heterocycles. The van der Waals surface area contributed by atoms with Gasteiger partial charge in [0, 0.05) is 22.9 Å². The number of nitrogens with zero attached hydrogens (tertiary/aromatic N) is 2. The quantitative estimate of drug-likeness (QED) is 0.825. The van der Waals surface area contributed by atoms with Crippen molar-refractivity contribution in [2.45, 2.75) is 25.7 Å². The standard InChI is InChI=1S/C13H13BrN2O3/c14-10-5-3-4-9(8-10)13-15-11(19-16-13)6-1-2-7-12(17)18/h3-5,8H,1-2,6-7H2,(H,17,18). The number of unbranched alkanes of at least 4 members (excludes halogenated alkanes) is 1. The highest BCUT2D eigenvalue weighted by molar-refractivity contribution is 9.10. The van der Waals surface area contributed by atoms with E-state index in [9.17, 15) is 4.79 Å². The highest BCUT2D eigenvalue weighted by Crippen LogP contribution is 2.20. The zero-order valence-corrected chi connectivity index (χ0v) is 11.8. The number of halogens is 1. The molecular weight excluding hydrogens is 312 g/mol. The van der Waals surface area contributed by atoms with Gasteiger partial charge < -0.3 is 9.63 Å². The van der Waals surface area contributed by atoms with E-state index in [1.54, 1.807) is 0 Å². The number of carboxylic acid groups (broad SMARTS) is 1. The molecular formula is C13H13BrN2O3. The summed E-state index contributed by atoms with van der Waals surface area (Å²) in [7, 11) is 0. The summed E-state index contributed by atoms with van der Waals surface area (Å²) < 4.78 is 6.10. The molecule has 19 heavy (non-hydrogen) atoms. The van der Waals surface area contributed by atoms with Crippen molar-refractivity contribution < 1.29 is 14.4 Å². The summed E-state index contributed by atoms with van der Waals surface area (Å²) in [4.78, 5) is 14.7. The number of aliphatic carboxylic acids is 1. The van der Waals surface area contributed by atoms with Crippen molar-refractivity contribution in [3.05, 3.63) is 34.6 Å². The number of carbonyl (C=O) groups is 1. The summed E-state index contributed by atoms with van der Waals surface area (Å²) in [6.07, 6.45) is 2.12. The van der Waals surface area contributed by atoms with Crippen LogP contribution in [0.1, 0.15) is 25.2 Å². The Morgan fingerprint density at radius 2 is 2.21 bits per heavy atom. The third-order valence-electron chi connectivity index (χ3n) is 2.58. The topological polar surface area (TPSA) is 76.2 Å². The van der Waals surface area contributed by atoms with Gasteiger partial charge in [0.2, 0.25) is 11.7 Å². The first-order valence-electron chi connectivity index (χ1n) is 5.95. The third-order valence-corrected chi connectivity index (χ3v) is 3.08. The molecule has 0 spiro atoms. The molecule has 0 saturated carbocycles. The summed E-state index contributed by atoms with van der Waals surface area (Å²) in [5.74, 6) is 0.315. The summed E-state index contributed by atoms with van der Waals surface area (Å²) in [5, 5.41) is 12.5. The van der Waals surface area contributed by atoms with Gasteiger partial charge in [0.15, 0.2) is 0 Å². The van der Waals surface area contributed by atoms with Gasteiger partial charge in [0.1, 0.15) is 0 Å². The van der Waals surface area contributed by atoms with Gasteiger partial charge in [0.25, 0.3) is 0 Å². The van der Waals surface area contributed by atoms with Crippen molar-refractivity contribution in [3.63, 3.8) is 0 Å². The first-order valence-corrected chi connectivity index (χ1v) is 6.75. The molecule has 1 N–H and O–H groups in total. The van der Waals surface area contributed by atoms with E-state index in [1.807, 2.05) is 24.3 Å². The Kier molecular flexibility index (Phi) is 4.68. The first-order chi connectivity index (χ1) is 9.15. The average Bonchev–Trinajstić information content (AvgIpc) is 2.83. The molecule has 5 nitrogen and oxygen atoms in total. The van der Waals surface area contributed by atoms with Gasteiger partial charge >= 0.3 is 5.97 Å². The van der Waals surface area contributed by atoms with Crippen LogP contribution in [0.4, 0.5) is 0 Å². The molecule has 0 saturated heterocycles. The van der Waals surface area contributed by atoms with Gasteiger partial charge in [-0.15, -0.1) is 0 Å². The molecule has 0 amide bonds. The van der Waals surface area contributed by atoms with Crippen LogP contribution in [-0.2, 0) is 11.2 Å². The summed E-state index contributed by atoms with van der Waals surface area (Å²) in [6, 6.07) is 7.65. The fourth-order valence-electron chi connectivity index (χ4n) is 1.65. The van der Waals surface area contributed by atoms with E-state index >= 15 is 0 Å². The lowest BCUT2D eigenvalue weighted by atomic mass is 10.2. The molecule has 1 aromatic carbocycles. The van der Waals surface area contributed by atoms with Crippen molar-refractivity contribution in [2.24, 2.45) is 0 Å². The zero-order valence-electron chi connectivity index (χ0n) is 10.2. The van der Waals surface area contributed by atoms with Crippen molar-refractivity contribution in [3.8, 4) is 11.4 Å². The van der Waals surface area contributed by atoms with E-state index in [2.05, 4.69) is 26.1 Å². The van der Waals surface area contributed by atoms with Gasteiger partial charge in [0.05, 0.1) is 0 Å². The van der Waals surface area contributed by atoms with Gasteiger partial charge in [-0.05, 0) is 25.0 Å². The number of benzene rings is 1. The smallest absolute Gasteiger partial charge is 0.303 e. The number of carboxylic acids is 1. The predicted molar refractivity (Wildman–Crippen MR) is 72.6 cm³/mol. The van der Waals surface area contributed by atoms with Crippen molar-refractivity contribution >= 4 is 21.9 Å². The molecule has 1 heterocycles. The minimum absolute atomic E-state index is 0.173. The van der Waals surface area contributed by atoms with Crippen LogP contribution in [0.3, 0.4) is 0 Å². The highest BCUT2D eigenvalue weighted by atomic mass is 79.9. The van der Waals surface area contributed by atoms with E-state index < -0.39 is 5.97 Å². The van der Waals surface area contributed by atoms with Gasteiger partial charge in [-0.25, -0.2) is 0 Å². The Balaban J connectivity index is 1.94. The molecule has 0 atom stereocenters. The number of hydrogen-bond acceptors (Lipinski definition) is 4. The largest absolute Gasteiger partial charge is 0.481 e. The van der Waals surface area contributed by atoms with Crippen LogP contribution in [0.25, 0.3) is 11.4 Å². The Morgan fingerprint density at radius 3 is 2.95 bits per heavy atom. The lowest BCUT2D eigenvalue weighted by molar-refractivity contribution is -0.137. The van der Waals surface area contributed by atoms with Crippen molar-refractivity contribution in [1.29, 1.82) is 0 Å². The molecule has 0 bridgehead atoms. The number of hydrogen-bond donors (Lipinski definition) is 1. The lowest BCUT2D eigenvalue weighted by Gasteiger charge is -1.94. The maximum atomic E-state index is 10.4. The van der Waals surface area contributed by atoms with E-state index in [-0.39, 0.29) is 6.42 Å². The third kappa shape index (κ3) is 4.17. The fourth-order valence-corrected chi connectivity index (χ4v) is 2.05. The molecule has 100 valence electrons. The van der Waals surface area contributed by atoms with Crippen LogP contribution < -0.4 is 0 Å². The zero-order chi connectivity index (χ0) is 13.7. The van der Waals surface area contributed by atoms with E-state index in [4.69, 9.17) is 9.63 Å². The summed E-state index contributed by atoms with van der Waals surface area (Å²) in [6.45, 7) is 0. The Hall–Kier alpha value is -1.69. The molecule has 0 unspecified atom stereocenters. The van der Waals surface area contributed by atoms with Crippen molar-refractivity contribution in [1.82, 2.24) is 10.1 Å². The SMILES string of the molecule is O=C(O)CCCCc1nc(-c2cccc(Br)c2)no1. The number of aryl methyl sites for hydroxylation is 1. The molecule has 0 aliphatic rings. The first kappa shape index (κ1) is 13.7. The van der Waals surface area contributed by atoms with Crippen molar-refractivity contribution in [2.75, 3.05) is 0 Å². The van der Waals surface area contributed by atoms with E-state index in [1.165, 1.54) is 0 Å². The molecule has 0 aliphatic carbocycles. The number of rotatable bonds is 6. The fraction of sp³-hybridized carbons (Fsp3) is 0.308. The second kappa shape index (κ2) is 6.47. The lowest BCUT2D eigenvalue weighted by Crippen LogP contribution is -1.95.